The summed E-state index contributed by atoms with van der Waals surface area (Å²) < 4.78 is 0. The van der Waals surface area contributed by atoms with Gasteiger partial charge in [0.25, 0.3) is 0 Å². The van der Waals surface area contributed by atoms with Gasteiger partial charge in [-0.25, -0.2) is 0 Å². The molecule has 4 N–H and O–H groups in total. The Morgan fingerprint density at radius 1 is 1.13 bits per heavy atom. The van der Waals surface area contributed by atoms with Gasteiger partial charge in [0.05, 0.1) is 11.4 Å². The number of benzene rings is 1. The Morgan fingerprint density at radius 2 is 1.83 bits per heavy atom. The Labute approximate surface area is 138 Å². The first-order chi connectivity index (χ1) is 11.1. The molecule has 0 aromatic heterocycles. The van der Waals surface area contributed by atoms with E-state index in [1.165, 1.54) is 0 Å². The van der Waals surface area contributed by atoms with Crippen molar-refractivity contribution in [1.82, 2.24) is 4.90 Å². The Kier molecular flexibility index (Phi) is 5.18. The quantitative estimate of drug-likeness (QED) is 0.797. The van der Waals surface area contributed by atoms with Gasteiger partial charge in [-0.15, -0.1) is 0 Å². The van der Waals surface area contributed by atoms with Crippen LogP contribution in [0.5, 0.6) is 0 Å². The largest absolute Gasteiger partial charge is 0.381 e. The molecule has 0 bridgehead atoms. The van der Waals surface area contributed by atoms with Crippen molar-refractivity contribution in [2.24, 2.45) is 11.7 Å². The number of piperidine rings is 1. The minimum atomic E-state index is 0.0568. The first kappa shape index (κ1) is 16.3. The predicted molar refractivity (Wildman–Crippen MR) is 94.5 cm³/mol. The van der Waals surface area contributed by atoms with Gasteiger partial charge >= 0.3 is 0 Å². The number of carbonyl (C=O) groups is 1. The molecular weight excluding hydrogens is 288 g/mol. The number of rotatable bonds is 4. The second-order valence-electron chi connectivity index (χ2n) is 7.03. The van der Waals surface area contributed by atoms with Gasteiger partial charge < -0.3 is 21.3 Å². The summed E-state index contributed by atoms with van der Waals surface area (Å²) in [6.45, 7) is 2.23. The van der Waals surface area contributed by atoms with Crippen LogP contribution < -0.4 is 16.4 Å². The third-order valence-corrected chi connectivity index (χ3v) is 5.11. The van der Waals surface area contributed by atoms with Gasteiger partial charge in [0.15, 0.2) is 0 Å². The number of likely N-dealkylation sites (tertiary alicyclic amines) is 1. The molecule has 1 aromatic carbocycles. The average molecular weight is 316 g/mol. The molecular formula is C18H28N4O. The third-order valence-electron chi connectivity index (χ3n) is 5.11. The van der Waals surface area contributed by atoms with E-state index in [9.17, 15) is 4.79 Å². The number of amides is 1. The zero-order chi connectivity index (χ0) is 16.2. The molecule has 5 nitrogen and oxygen atoms in total. The Morgan fingerprint density at radius 3 is 2.48 bits per heavy atom. The maximum atomic E-state index is 12.4. The van der Waals surface area contributed by atoms with E-state index >= 15 is 0 Å². The SMILES string of the molecule is CN1CCC(Nc2ccccc2NC(=O)C2CCC(N)C2)CC1. The summed E-state index contributed by atoms with van der Waals surface area (Å²) in [4.78, 5) is 14.8. The molecule has 0 radical (unpaired) electrons. The van der Waals surface area contributed by atoms with E-state index in [2.05, 4.69) is 22.6 Å². The van der Waals surface area contributed by atoms with E-state index in [1.54, 1.807) is 0 Å². The van der Waals surface area contributed by atoms with Crippen molar-refractivity contribution in [3.8, 4) is 0 Å². The molecule has 3 rings (SSSR count). The number of hydrogen-bond acceptors (Lipinski definition) is 4. The van der Waals surface area contributed by atoms with E-state index in [1.807, 2.05) is 24.3 Å². The van der Waals surface area contributed by atoms with Gasteiger partial charge in [0, 0.05) is 18.0 Å². The van der Waals surface area contributed by atoms with Crippen LogP contribution in [0.25, 0.3) is 0 Å². The van der Waals surface area contributed by atoms with Crippen LogP contribution in [-0.2, 0) is 4.79 Å². The van der Waals surface area contributed by atoms with Crippen molar-refractivity contribution in [3.05, 3.63) is 24.3 Å². The highest BCUT2D eigenvalue weighted by atomic mass is 16.1. The molecule has 2 atom stereocenters. The Balaban J connectivity index is 1.62. The molecule has 1 aliphatic heterocycles. The highest BCUT2D eigenvalue weighted by molar-refractivity contribution is 5.95. The van der Waals surface area contributed by atoms with Gasteiger partial charge in [0.1, 0.15) is 0 Å². The van der Waals surface area contributed by atoms with E-state index in [-0.39, 0.29) is 17.9 Å². The minimum absolute atomic E-state index is 0.0568. The highest BCUT2D eigenvalue weighted by Crippen LogP contribution is 2.28. The van der Waals surface area contributed by atoms with Gasteiger partial charge in [-0.2, -0.15) is 0 Å². The van der Waals surface area contributed by atoms with Crippen LogP contribution in [0.3, 0.4) is 0 Å². The molecule has 1 saturated heterocycles. The number of nitrogens with zero attached hydrogens (tertiary/aromatic N) is 1. The predicted octanol–water partition coefficient (Wildman–Crippen LogP) is 2.26. The molecule has 1 saturated carbocycles. The van der Waals surface area contributed by atoms with Gasteiger partial charge in [-0.05, 0) is 64.4 Å². The number of carbonyl (C=O) groups excluding carboxylic acids is 1. The van der Waals surface area contributed by atoms with Crippen molar-refractivity contribution in [1.29, 1.82) is 0 Å². The lowest BCUT2D eigenvalue weighted by Crippen LogP contribution is -2.36. The van der Waals surface area contributed by atoms with Crippen LogP contribution in [0.4, 0.5) is 11.4 Å². The van der Waals surface area contributed by atoms with E-state index in [0.717, 1.165) is 56.6 Å². The molecule has 0 spiro atoms. The molecule has 23 heavy (non-hydrogen) atoms. The highest BCUT2D eigenvalue weighted by Gasteiger charge is 2.28. The first-order valence-corrected chi connectivity index (χ1v) is 8.72. The molecule has 126 valence electrons. The molecule has 1 heterocycles. The number of para-hydroxylation sites is 2. The summed E-state index contributed by atoms with van der Waals surface area (Å²) in [5, 5.41) is 6.71. The number of nitrogens with one attached hydrogen (secondary N) is 2. The summed E-state index contributed by atoms with van der Waals surface area (Å²) in [5.74, 6) is 0.164. The van der Waals surface area contributed by atoms with E-state index in [4.69, 9.17) is 5.73 Å². The summed E-state index contributed by atoms with van der Waals surface area (Å²) in [5.41, 5.74) is 7.84. The number of nitrogens with two attached hydrogens (primary N) is 1. The van der Waals surface area contributed by atoms with Gasteiger partial charge in [0.2, 0.25) is 5.91 Å². The van der Waals surface area contributed by atoms with Crippen molar-refractivity contribution in [2.75, 3.05) is 30.8 Å². The zero-order valence-electron chi connectivity index (χ0n) is 13.9. The first-order valence-electron chi connectivity index (χ1n) is 8.72. The van der Waals surface area contributed by atoms with Crippen molar-refractivity contribution >= 4 is 17.3 Å². The number of hydrogen-bond donors (Lipinski definition) is 3. The van der Waals surface area contributed by atoms with Crippen LogP contribution in [0.2, 0.25) is 0 Å². The van der Waals surface area contributed by atoms with Crippen molar-refractivity contribution in [3.63, 3.8) is 0 Å². The van der Waals surface area contributed by atoms with Gasteiger partial charge in [-0.1, -0.05) is 12.1 Å². The number of anilines is 2. The summed E-state index contributed by atoms with van der Waals surface area (Å²) in [7, 11) is 2.16. The van der Waals surface area contributed by atoms with E-state index in [0.29, 0.717) is 6.04 Å². The standard InChI is InChI=1S/C18H28N4O/c1-22-10-8-15(9-11-22)20-16-4-2-3-5-17(16)21-18(23)13-6-7-14(19)12-13/h2-5,13-15,20H,6-12,19H2,1H3,(H,21,23). The molecule has 5 heteroatoms. The van der Waals surface area contributed by atoms with Crippen LogP contribution in [0, 0.1) is 5.92 Å². The van der Waals surface area contributed by atoms with Gasteiger partial charge in [-0.3, -0.25) is 4.79 Å². The van der Waals surface area contributed by atoms with Crippen molar-refractivity contribution < 1.29 is 4.79 Å². The fourth-order valence-corrected chi connectivity index (χ4v) is 3.58. The second kappa shape index (κ2) is 7.32. The molecule has 1 aliphatic carbocycles. The molecule has 1 aromatic rings. The van der Waals surface area contributed by atoms with E-state index < -0.39 is 0 Å². The normalized spacial score (nSPS) is 26.2. The molecule has 1 amide bonds. The van der Waals surface area contributed by atoms with Crippen molar-refractivity contribution in [2.45, 2.75) is 44.2 Å². The molecule has 2 fully saturated rings. The maximum Gasteiger partial charge on any atom is 0.227 e. The Hall–Kier alpha value is -1.59. The monoisotopic (exact) mass is 316 g/mol. The fourth-order valence-electron chi connectivity index (χ4n) is 3.58. The second-order valence-corrected chi connectivity index (χ2v) is 7.03. The third kappa shape index (κ3) is 4.24. The lowest BCUT2D eigenvalue weighted by Gasteiger charge is -2.30. The zero-order valence-corrected chi connectivity index (χ0v) is 13.9. The minimum Gasteiger partial charge on any atom is -0.381 e. The lowest BCUT2D eigenvalue weighted by molar-refractivity contribution is -0.119. The van der Waals surface area contributed by atoms with Crippen LogP contribution in [-0.4, -0.2) is 43.0 Å². The topological polar surface area (TPSA) is 70.4 Å². The maximum absolute atomic E-state index is 12.4. The smallest absolute Gasteiger partial charge is 0.227 e. The summed E-state index contributed by atoms with van der Waals surface area (Å²) >= 11 is 0. The average Bonchev–Trinajstić information content (AvgIpc) is 2.98. The fraction of sp³-hybridized carbons (Fsp3) is 0.611. The Bertz CT molecular complexity index is 540. The summed E-state index contributed by atoms with van der Waals surface area (Å²) in [6, 6.07) is 8.66. The molecule has 2 unspecified atom stereocenters. The van der Waals surface area contributed by atoms with Crippen LogP contribution in [0.15, 0.2) is 24.3 Å². The molecule has 2 aliphatic rings. The van der Waals surface area contributed by atoms with Crippen LogP contribution >= 0.6 is 0 Å². The summed E-state index contributed by atoms with van der Waals surface area (Å²) in [6.07, 6.45) is 4.92. The van der Waals surface area contributed by atoms with Crippen LogP contribution in [0.1, 0.15) is 32.1 Å². The lowest BCUT2D eigenvalue weighted by atomic mass is 10.0.